The van der Waals surface area contributed by atoms with E-state index >= 15 is 0 Å². The van der Waals surface area contributed by atoms with E-state index in [9.17, 15) is 0 Å². The molecular weight excluding hydrogens is 224 g/mol. The number of fused-ring (bicyclic) bond motifs is 1. The predicted molar refractivity (Wildman–Crippen MR) is 65.7 cm³/mol. The first-order chi connectivity index (χ1) is 7.76. The molecule has 88 valence electrons. The van der Waals surface area contributed by atoms with E-state index in [2.05, 4.69) is 0 Å². The highest BCUT2D eigenvalue weighted by Crippen LogP contribution is 2.40. The molecule has 1 atom stereocenters. The molecule has 0 heterocycles. The number of ether oxygens (including phenoxy) is 2. The van der Waals surface area contributed by atoms with Crippen molar-refractivity contribution in [1.82, 2.24) is 0 Å². The Morgan fingerprint density at radius 1 is 1.19 bits per heavy atom. The van der Waals surface area contributed by atoms with Crippen molar-refractivity contribution in [1.29, 1.82) is 0 Å². The Morgan fingerprint density at radius 2 is 2.00 bits per heavy atom. The molecule has 1 aliphatic rings. The highest BCUT2D eigenvalue weighted by atomic mass is 35.5. The smallest absolute Gasteiger partial charge is 0.126 e. The van der Waals surface area contributed by atoms with Crippen LogP contribution in [0.5, 0.6) is 11.5 Å². The fourth-order valence-electron chi connectivity index (χ4n) is 2.27. The average Bonchev–Trinajstić information content (AvgIpc) is 2.50. The lowest BCUT2D eigenvalue weighted by molar-refractivity contribution is 0.390. The second kappa shape index (κ2) is 4.96. The van der Waals surface area contributed by atoms with Crippen molar-refractivity contribution in [3.63, 3.8) is 0 Å². The van der Waals surface area contributed by atoms with Gasteiger partial charge in [0.1, 0.15) is 11.5 Å². The molecule has 0 amide bonds. The minimum Gasteiger partial charge on any atom is -0.497 e. The Bertz CT molecular complexity index is 376. The quantitative estimate of drug-likeness (QED) is 0.580. The minimum absolute atomic E-state index is 0.0847. The molecule has 2 rings (SSSR count). The number of benzene rings is 1. The molecule has 0 radical (unpaired) electrons. The maximum Gasteiger partial charge on any atom is 0.126 e. The van der Waals surface area contributed by atoms with Crippen LogP contribution in [-0.2, 0) is 6.42 Å². The highest BCUT2D eigenvalue weighted by molar-refractivity contribution is 6.21. The lowest BCUT2D eigenvalue weighted by Crippen LogP contribution is -1.99. The molecule has 0 saturated carbocycles. The summed E-state index contributed by atoms with van der Waals surface area (Å²) in [6, 6.07) is 3.98. The molecule has 0 N–H and O–H groups in total. The van der Waals surface area contributed by atoms with E-state index < -0.39 is 0 Å². The van der Waals surface area contributed by atoms with Gasteiger partial charge in [-0.05, 0) is 36.5 Å². The number of rotatable bonds is 2. The number of methoxy groups -OCH3 is 2. The van der Waals surface area contributed by atoms with Gasteiger partial charge in [-0.2, -0.15) is 0 Å². The third-order valence-corrected chi connectivity index (χ3v) is 3.60. The van der Waals surface area contributed by atoms with Gasteiger partial charge in [-0.15, -0.1) is 11.6 Å². The minimum atomic E-state index is 0.0847. The molecule has 0 spiro atoms. The van der Waals surface area contributed by atoms with Crippen LogP contribution in [0, 0.1) is 0 Å². The first-order valence-electron chi connectivity index (χ1n) is 5.65. The summed E-state index contributed by atoms with van der Waals surface area (Å²) >= 11 is 6.40. The van der Waals surface area contributed by atoms with Crippen LogP contribution in [0.15, 0.2) is 12.1 Å². The van der Waals surface area contributed by atoms with Gasteiger partial charge in [0, 0.05) is 6.07 Å². The summed E-state index contributed by atoms with van der Waals surface area (Å²) in [6.07, 6.45) is 4.43. The van der Waals surface area contributed by atoms with Crippen molar-refractivity contribution < 1.29 is 9.47 Å². The van der Waals surface area contributed by atoms with Gasteiger partial charge in [0.15, 0.2) is 0 Å². The zero-order valence-electron chi connectivity index (χ0n) is 9.75. The summed E-state index contributed by atoms with van der Waals surface area (Å²) in [4.78, 5) is 0. The molecule has 0 bridgehead atoms. The first kappa shape index (κ1) is 11.6. The Balaban J connectivity index is 2.51. The first-order valence-corrected chi connectivity index (χ1v) is 6.08. The van der Waals surface area contributed by atoms with Crippen molar-refractivity contribution in [2.24, 2.45) is 0 Å². The fourth-order valence-corrected chi connectivity index (χ4v) is 2.62. The number of hydrogen-bond donors (Lipinski definition) is 0. The molecule has 1 aliphatic carbocycles. The Hall–Kier alpha value is -0.890. The van der Waals surface area contributed by atoms with E-state index in [4.69, 9.17) is 21.1 Å². The summed E-state index contributed by atoms with van der Waals surface area (Å²) in [5.74, 6) is 1.73. The number of hydrogen-bond acceptors (Lipinski definition) is 2. The van der Waals surface area contributed by atoms with Gasteiger partial charge in [-0.1, -0.05) is 6.42 Å². The van der Waals surface area contributed by atoms with Crippen molar-refractivity contribution in [2.75, 3.05) is 14.2 Å². The van der Waals surface area contributed by atoms with Crippen LogP contribution < -0.4 is 9.47 Å². The summed E-state index contributed by atoms with van der Waals surface area (Å²) in [5.41, 5.74) is 2.43. The van der Waals surface area contributed by atoms with Crippen LogP contribution in [0.2, 0.25) is 0 Å². The zero-order valence-corrected chi connectivity index (χ0v) is 10.5. The molecule has 1 unspecified atom stereocenters. The van der Waals surface area contributed by atoms with Gasteiger partial charge in [-0.3, -0.25) is 0 Å². The van der Waals surface area contributed by atoms with Crippen LogP contribution in [0.4, 0.5) is 0 Å². The summed E-state index contributed by atoms with van der Waals surface area (Å²) in [5, 5.41) is 0.0847. The highest BCUT2D eigenvalue weighted by Gasteiger charge is 2.20. The molecule has 0 aromatic heterocycles. The Kier molecular flexibility index (Phi) is 3.59. The number of halogens is 1. The van der Waals surface area contributed by atoms with E-state index in [0.717, 1.165) is 24.3 Å². The van der Waals surface area contributed by atoms with Crippen molar-refractivity contribution in [3.8, 4) is 11.5 Å². The van der Waals surface area contributed by atoms with E-state index in [-0.39, 0.29) is 5.38 Å². The Morgan fingerprint density at radius 3 is 2.69 bits per heavy atom. The van der Waals surface area contributed by atoms with E-state index in [1.165, 1.54) is 24.0 Å². The van der Waals surface area contributed by atoms with E-state index in [1.807, 2.05) is 12.1 Å². The molecule has 16 heavy (non-hydrogen) atoms. The second-order valence-electron chi connectivity index (χ2n) is 4.11. The normalized spacial score (nSPS) is 19.8. The average molecular weight is 241 g/mol. The standard InChI is InChI=1S/C13H17ClO2/c1-15-9-7-11-10(13(8-9)16-2)5-3-4-6-12(11)14/h7-8,12H,3-6H2,1-2H3. The number of alkyl halides is 1. The molecule has 0 aliphatic heterocycles. The third kappa shape index (κ3) is 2.12. The van der Waals surface area contributed by atoms with E-state index in [1.54, 1.807) is 14.2 Å². The molecule has 0 fully saturated rings. The largest absolute Gasteiger partial charge is 0.497 e. The molecule has 3 heteroatoms. The summed E-state index contributed by atoms with van der Waals surface area (Å²) in [6.45, 7) is 0. The SMILES string of the molecule is COc1cc(OC)c2c(c1)C(Cl)CCCC2. The van der Waals surface area contributed by atoms with Crippen molar-refractivity contribution in [3.05, 3.63) is 23.3 Å². The van der Waals surface area contributed by atoms with Gasteiger partial charge in [0.25, 0.3) is 0 Å². The second-order valence-corrected chi connectivity index (χ2v) is 4.64. The maximum atomic E-state index is 6.40. The summed E-state index contributed by atoms with van der Waals surface area (Å²) < 4.78 is 10.7. The lowest BCUT2D eigenvalue weighted by atomic mass is 10.0. The lowest BCUT2D eigenvalue weighted by Gasteiger charge is -2.16. The fraction of sp³-hybridized carbons (Fsp3) is 0.538. The van der Waals surface area contributed by atoms with Crippen molar-refractivity contribution in [2.45, 2.75) is 31.1 Å². The van der Waals surface area contributed by atoms with Crippen molar-refractivity contribution >= 4 is 11.6 Å². The van der Waals surface area contributed by atoms with Crippen LogP contribution in [0.25, 0.3) is 0 Å². The molecule has 2 nitrogen and oxygen atoms in total. The van der Waals surface area contributed by atoms with Gasteiger partial charge in [0.2, 0.25) is 0 Å². The molecule has 1 aromatic rings. The third-order valence-electron chi connectivity index (χ3n) is 3.14. The maximum absolute atomic E-state index is 6.40. The van der Waals surface area contributed by atoms with Gasteiger partial charge < -0.3 is 9.47 Å². The Labute approximate surface area is 102 Å². The predicted octanol–water partition coefficient (Wildman–Crippen LogP) is 3.71. The molecule has 0 saturated heterocycles. The monoisotopic (exact) mass is 240 g/mol. The topological polar surface area (TPSA) is 18.5 Å². The molecular formula is C13H17ClO2. The van der Waals surface area contributed by atoms with Gasteiger partial charge in [-0.25, -0.2) is 0 Å². The zero-order chi connectivity index (χ0) is 11.5. The van der Waals surface area contributed by atoms with Crippen LogP contribution in [0.1, 0.15) is 35.8 Å². The van der Waals surface area contributed by atoms with Crippen LogP contribution in [-0.4, -0.2) is 14.2 Å². The van der Waals surface area contributed by atoms with Crippen LogP contribution >= 0.6 is 11.6 Å². The molecule has 1 aromatic carbocycles. The van der Waals surface area contributed by atoms with E-state index in [0.29, 0.717) is 0 Å². The van der Waals surface area contributed by atoms with Crippen LogP contribution in [0.3, 0.4) is 0 Å². The van der Waals surface area contributed by atoms with Gasteiger partial charge >= 0.3 is 0 Å². The summed E-state index contributed by atoms with van der Waals surface area (Å²) in [7, 11) is 3.37. The van der Waals surface area contributed by atoms with Gasteiger partial charge in [0.05, 0.1) is 19.6 Å².